The normalized spacial score (nSPS) is 15.7. The van der Waals surface area contributed by atoms with Gasteiger partial charge in [-0.15, -0.1) is 5.11 Å². The molecule has 0 saturated carbocycles. The lowest BCUT2D eigenvalue weighted by Gasteiger charge is -2.20. The number of allylic oxidation sites excluding steroid dienone is 4. The first-order valence-corrected chi connectivity index (χ1v) is 18.7. The van der Waals surface area contributed by atoms with Crippen molar-refractivity contribution in [3.05, 3.63) is 129 Å². The molecule has 2 aliphatic carbocycles. The zero-order chi connectivity index (χ0) is 41.2. The number of carbonyl (C=O) groups excluding carboxylic acids is 2. The van der Waals surface area contributed by atoms with Crippen LogP contribution in [0.2, 0.25) is 0 Å². The molecule has 0 unspecified atom stereocenters. The van der Waals surface area contributed by atoms with E-state index in [4.69, 9.17) is 10.8 Å². The number of aliphatic carboxylic acids is 1. The molecule has 0 fully saturated rings. The smallest absolute Gasteiger partial charge is 0.339 e. The summed E-state index contributed by atoms with van der Waals surface area (Å²) >= 11 is 0. The first kappa shape index (κ1) is 39.2. The Morgan fingerprint density at radius 2 is 1.35 bits per heavy atom. The van der Waals surface area contributed by atoms with Crippen LogP contribution in [0.4, 0.5) is 34.1 Å². The van der Waals surface area contributed by atoms with E-state index in [9.17, 15) is 50.4 Å². The van der Waals surface area contributed by atoms with Gasteiger partial charge in [-0.1, -0.05) is 24.3 Å². The van der Waals surface area contributed by atoms with Gasteiger partial charge in [-0.2, -0.15) is 32.2 Å². The molecule has 0 atom stereocenters. The summed E-state index contributed by atoms with van der Waals surface area (Å²) in [5, 5.41) is 35.7. The fourth-order valence-corrected chi connectivity index (χ4v) is 6.65. The van der Waals surface area contributed by atoms with Gasteiger partial charge in [0.25, 0.3) is 25.9 Å². The van der Waals surface area contributed by atoms with Crippen LogP contribution >= 0.6 is 0 Å². The molecule has 57 heavy (non-hydrogen) atoms. The Kier molecular flexibility index (Phi) is 10.5. The van der Waals surface area contributed by atoms with E-state index >= 15 is 0 Å². The van der Waals surface area contributed by atoms with Gasteiger partial charge >= 0.3 is 5.97 Å². The summed E-state index contributed by atoms with van der Waals surface area (Å²) in [5.41, 5.74) is 10.2. The highest BCUT2D eigenvalue weighted by atomic mass is 32.2. The number of rotatable bonds is 11. The van der Waals surface area contributed by atoms with Crippen molar-refractivity contribution in [3.63, 3.8) is 0 Å². The van der Waals surface area contributed by atoms with Crippen molar-refractivity contribution in [2.24, 2.45) is 20.4 Å². The van der Waals surface area contributed by atoms with E-state index in [-0.39, 0.29) is 22.8 Å². The number of nitrogens with two attached hydrogens (primary N) is 1. The third-order valence-electron chi connectivity index (χ3n) is 8.08. The van der Waals surface area contributed by atoms with E-state index in [2.05, 4.69) is 31.3 Å². The lowest BCUT2D eigenvalue weighted by molar-refractivity contribution is -0.384. The molecule has 6 rings (SSSR count). The molecule has 288 valence electrons. The van der Waals surface area contributed by atoms with Gasteiger partial charge < -0.3 is 10.8 Å². The summed E-state index contributed by atoms with van der Waals surface area (Å²) in [6, 6.07) is 18.6. The molecule has 0 radical (unpaired) electrons. The van der Waals surface area contributed by atoms with Crippen LogP contribution in [-0.4, -0.2) is 64.9 Å². The largest absolute Gasteiger partial charge is 0.478 e. The summed E-state index contributed by atoms with van der Waals surface area (Å²) in [6.07, 6.45) is 4.35. The van der Waals surface area contributed by atoms with Crippen LogP contribution in [-0.2, 0) is 29.8 Å². The second kappa shape index (κ2) is 15.3. The van der Waals surface area contributed by atoms with Crippen molar-refractivity contribution in [1.29, 1.82) is 0 Å². The van der Waals surface area contributed by atoms with Crippen molar-refractivity contribution >= 4 is 89.4 Å². The summed E-state index contributed by atoms with van der Waals surface area (Å²) in [7, 11) is -10.3. The maximum absolute atomic E-state index is 13.8. The van der Waals surface area contributed by atoms with Gasteiger partial charge in [-0.05, 0) is 83.5 Å². The molecule has 4 aromatic rings. The standard InChI is InChI=1S/C35H24N8O12S2/c36-31-30-20(15-28(56(50,51)52)32(31)41-38-23-9-12-25(13-10-23)43(48)49)16-29(57(53,54)55)33(34(30)45)42-39-22-7-3-19(4-8-22)18-1-5-21(6-2-18)37-40-24-11-14-27(44)26(17-24)35(46)47/h1-17,37,39H,36H2,(H,46,47)(H,50,51,52)(H,53,54,55). The van der Waals surface area contributed by atoms with Crippen molar-refractivity contribution in [3.8, 4) is 11.1 Å². The number of nitrogens with one attached hydrogen (secondary N) is 2. The predicted molar refractivity (Wildman–Crippen MR) is 206 cm³/mol. The SMILES string of the molecule is Nc1c(N=Nc2ccc([N+](=O)[O-])cc2)c(S(=O)(=O)O)cc2c1C(=O)C(=NNc1ccc(-c3ccc(NN=C4C=CC(=O)C(C(=O)O)=C4)cc3)cc1)C(S(=O)(=O)O)=C2. The Balaban J connectivity index is 1.25. The minimum Gasteiger partial charge on any atom is -0.478 e. The summed E-state index contributed by atoms with van der Waals surface area (Å²) in [6.45, 7) is 0. The van der Waals surface area contributed by atoms with Crippen LogP contribution in [0.1, 0.15) is 15.9 Å². The molecule has 7 N–H and O–H groups in total. The molecule has 0 aromatic heterocycles. The molecule has 20 nitrogen and oxygen atoms in total. The van der Waals surface area contributed by atoms with Gasteiger partial charge in [0.2, 0.25) is 5.78 Å². The van der Waals surface area contributed by atoms with E-state index in [0.717, 1.165) is 35.9 Å². The molecule has 0 heterocycles. The predicted octanol–water partition coefficient (Wildman–Crippen LogP) is 5.32. The number of carboxylic acid groups (broad SMARTS) is 1. The second-order valence-corrected chi connectivity index (χ2v) is 14.6. The monoisotopic (exact) mass is 812 g/mol. The van der Waals surface area contributed by atoms with Crippen LogP contribution in [0.5, 0.6) is 0 Å². The van der Waals surface area contributed by atoms with Crippen LogP contribution < -0.4 is 16.6 Å². The number of hydrogen-bond donors (Lipinski definition) is 6. The van der Waals surface area contributed by atoms with Gasteiger partial charge in [-0.25, -0.2) is 4.79 Å². The van der Waals surface area contributed by atoms with Gasteiger partial charge in [0.15, 0.2) is 11.5 Å². The summed E-state index contributed by atoms with van der Waals surface area (Å²) < 4.78 is 69.5. The minimum absolute atomic E-state index is 0.000514. The molecule has 0 amide bonds. The number of nitro groups is 1. The van der Waals surface area contributed by atoms with Gasteiger partial charge in [0, 0.05) is 12.1 Å². The Morgan fingerprint density at radius 1 is 0.772 bits per heavy atom. The maximum Gasteiger partial charge on any atom is 0.339 e. The number of carbonyl (C=O) groups is 3. The first-order valence-electron chi connectivity index (χ1n) is 15.8. The molecule has 22 heteroatoms. The minimum atomic E-state index is -5.18. The Labute approximate surface area is 320 Å². The van der Waals surface area contributed by atoms with Crippen LogP contribution in [0, 0.1) is 10.1 Å². The van der Waals surface area contributed by atoms with Crippen LogP contribution in [0.15, 0.2) is 133 Å². The Bertz CT molecular complexity index is 2810. The first-order chi connectivity index (χ1) is 26.9. The second-order valence-electron chi connectivity index (χ2n) is 11.8. The molecule has 2 aliphatic rings. The number of non-ortho nitro benzene ring substituents is 1. The number of carboxylic acids is 1. The van der Waals surface area contributed by atoms with E-state index in [0.29, 0.717) is 17.3 Å². The number of hydrazone groups is 2. The number of nitrogens with zero attached hydrogens (tertiary/aromatic N) is 5. The van der Waals surface area contributed by atoms with E-state index in [1.165, 1.54) is 18.2 Å². The maximum atomic E-state index is 13.8. The molecule has 0 saturated heterocycles. The fourth-order valence-electron chi connectivity index (χ4n) is 5.33. The fraction of sp³-hybridized carbons (Fsp3) is 0. The molecular formula is C35H24N8O12S2. The van der Waals surface area contributed by atoms with Crippen molar-refractivity contribution in [1.82, 2.24) is 0 Å². The van der Waals surface area contributed by atoms with E-state index in [1.807, 2.05) is 0 Å². The quantitative estimate of drug-likeness (QED) is 0.0212. The molecule has 0 aliphatic heterocycles. The highest BCUT2D eigenvalue weighted by Gasteiger charge is 2.37. The number of Topliss-reactive ketones (excluding diaryl/α,β-unsaturated/α-hetero) is 1. The Hall–Kier alpha value is -7.53. The number of ketones is 2. The number of benzene rings is 4. The van der Waals surface area contributed by atoms with E-state index < -0.39 is 86.3 Å². The highest BCUT2D eigenvalue weighted by Crippen LogP contribution is 2.41. The number of fused-ring (bicyclic) bond motifs is 1. The lowest BCUT2D eigenvalue weighted by Crippen LogP contribution is -2.28. The highest BCUT2D eigenvalue weighted by molar-refractivity contribution is 7.91. The average Bonchev–Trinajstić information content (AvgIpc) is 3.16. The number of nitro benzene ring substituents is 1. The van der Waals surface area contributed by atoms with Crippen molar-refractivity contribution in [2.75, 3.05) is 16.6 Å². The van der Waals surface area contributed by atoms with E-state index in [1.54, 1.807) is 48.5 Å². The summed E-state index contributed by atoms with van der Waals surface area (Å²) in [5.74, 6) is -3.19. The van der Waals surface area contributed by atoms with Crippen LogP contribution in [0.25, 0.3) is 17.2 Å². The zero-order valence-corrected chi connectivity index (χ0v) is 30.1. The lowest BCUT2D eigenvalue weighted by atomic mass is 9.92. The van der Waals surface area contributed by atoms with Crippen LogP contribution in [0.3, 0.4) is 0 Å². The van der Waals surface area contributed by atoms with Gasteiger partial charge in [-0.3, -0.25) is 39.7 Å². The number of nitrogen functional groups attached to an aromatic ring is 1. The van der Waals surface area contributed by atoms with Crippen molar-refractivity contribution < 1.29 is 50.4 Å². The van der Waals surface area contributed by atoms with Crippen molar-refractivity contribution in [2.45, 2.75) is 4.90 Å². The molecule has 0 bridgehead atoms. The van der Waals surface area contributed by atoms with Gasteiger partial charge in [0.1, 0.15) is 21.1 Å². The average molecular weight is 813 g/mol. The topological polar surface area (TPSA) is 323 Å². The molecule has 4 aromatic carbocycles. The molecular weight excluding hydrogens is 789 g/mol. The number of azo groups is 1. The number of anilines is 3. The zero-order valence-electron chi connectivity index (χ0n) is 28.5. The Morgan fingerprint density at radius 3 is 1.88 bits per heavy atom. The summed E-state index contributed by atoms with van der Waals surface area (Å²) in [4.78, 5) is 45.0. The molecule has 0 spiro atoms. The number of hydrogen-bond acceptors (Lipinski definition) is 16. The van der Waals surface area contributed by atoms with Gasteiger partial charge in [0.05, 0.1) is 38.9 Å². The third kappa shape index (κ3) is 8.58. The third-order valence-corrected chi connectivity index (χ3v) is 9.82.